The van der Waals surface area contributed by atoms with Crippen molar-refractivity contribution in [2.24, 2.45) is 7.05 Å². The molecular weight excluding hydrogens is 368 g/mol. The molecule has 0 fully saturated rings. The van der Waals surface area contributed by atoms with Gasteiger partial charge in [0.25, 0.3) is 0 Å². The summed E-state index contributed by atoms with van der Waals surface area (Å²) in [6.07, 6.45) is 10.3. The number of rotatable bonds is 5. The van der Waals surface area contributed by atoms with Gasteiger partial charge >= 0.3 is 0 Å². The smallest absolute Gasteiger partial charge is 0.187 e. The Kier molecular flexibility index (Phi) is 5.00. The van der Waals surface area contributed by atoms with Gasteiger partial charge in [-0.3, -0.25) is 0 Å². The van der Waals surface area contributed by atoms with Gasteiger partial charge in [-0.15, -0.1) is 0 Å². The summed E-state index contributed by atoms with van der Waals surface area (Å²) in [5.74, 6) is 0.895. The van der Waals surface area contributed by atoms with Gasteiger partial charge in [0, 0.05) is 43.8 Å². The van der Waals surface area contributed by atoms with Crippen molar-refractivity contribution in [1.82, 2.24) is 24.5 Å². The summed E-state index contributed by atoms with van der Waals surface area (Å²) in [5.41, 5.74) is 6.51. The average Bonchev–Trinajstić information content (AvgIpc) is 3.13. The van der Waals surface area contributed by atoms with Crippen LogP contribution >= 0.6 is 11.8 Å². The Bertz CT molecular complexity index is 1120. The van der Waals surface area contributed by atoms with E-state index in [9.17, 15) is 0 Å². The van der Waals surface area contributed by atoms with E-state index in [1.807, 2.05) is 42.8 Å². The minimum Gasteiger partial charge on any atom is -0.334 e. The Morgan fingerprint density at radius 1 is 1.00 bits per heavy atom. The predicted molar refractivity (Wildman–Crippen MR) is 115 cm³/mol. The van der Waals surface area contributed by atoms with Gasteiger partial charge in [0.1, 0.15) is 11.3 Å². The van der Waals surface area contributed by atoms with E-state index >= 15 is 0 Å². The maximum atomic E-state index is 4.60. The summed E-state index contributed by atoms with van der Waals surface area (Å²) < 4.78 is 2.01. The number of hydrogen-bond acceptors (Lipinski definition) is 6. The van der Waals surface area contributed by atoms with Gasteiger partial charge < -0.3 is 9.47 Å². The Labute approximate surface area is 168 Å². The molecular formula is C21H22N6S. The molecule has 0 bridgehead atoms. The third-order valence-electron chi connectivity index (χ3n) is 4.91. The first-order valence-corrected chi connectivity index (χ1v) is 10.3. The molecule has 4 aromatic rings. The lowest BCUT2D eigenvalue weighted by molar-refractivity contribution is 0.946. The fourth-order valence-corrected chi connectivity index (χ4v) is 3.59. The molecule has 0 atom stereocenters. The predicted octanol–water partition coefficient (Wildman–Crippen LogP) is 4.48. The van der Waals surface area contributed by atoms with Crippen molar-refractivity contribution >= 4 is 34.3 Å². The molecule has 7 heteroatoms. The zero-order valence-corrected chi connectivity index (χ0v) is 17.2. The highest BCUT2D eigenvalue weighted by molar-refractivity contribution is 7.98. The minimum absolute atomic E-state index is 0.785. The van der Waals surface area contributed by atoms with Gasteiger partial charge in [-0.25, -0.2) is 19.9 Å². The van der Waals surface area contributed by atoms with Crippen LogP contribution in [0.4, 0.5) is 11.5 Å². The van der Waals surface area contributed by atoms with E-state index in [1.54, 1.807) is 11.8 Å². The summed E-state index contributed by atoms with van der Waals surface area (Å²) in [4.78, 5) is 19.9. The molecule has 4 rings (SSSR count). The Balaban J connectivity index is 1.70. The molecule has 0 aliphatic rings. The molecule has 0 aliphatic heterocycles. The van der Waals surface area contributed by atoms with Crippen molar-refractivity contribution < 1.29 is 0 Å². The van der Waals surface area contributed by atoms with Crippen molar-refractivity contribution in [2.75, 3.05) is 18.2 Å². The first-order valence-electron chi connectivity index (χ1n) is 9.11. The number of thioether (sulfide) groups is 1. The summed E-state index contributed by atoms with van der Waals surface area (Å²) in [5, 5.41) is 0.785. The highest BCUT2D eigenvalue weighted by Crippen LogP contribution is 2.31. The number of aromatic nitrogens is 5. The zero-order valence-electron chi connectivity index (χ0n) is 16.4. The van der Waals surface area contributed by atoms with Crippen LogP contribution in [0.3, 0.4) is 0 Å². The summed E-state index contributed by atoms with van der Waals surface area (Å²) in [6.45, 7) is 2.17. The SMILES string of the molecule is CCc1cc(-c2cnc(SC)nc2)ccc1N(C)c1cc2c(cn1)ncn2C. The largest absolute Gasteiger partial charge is 0.334 e. The normalized spacial score (nSPS) is 11.1. The van der Waals surface area contributed by atoms with E-state index in [0.717, 1.165) is 45.2 Å². The molecule has 3 aromatic heterocycles. The number of nitrogens with zero attached hydrogens (tertiary/aromatic N) is 6. The van der Waals surface area contributed by atoms with E-state index in [1.165, 1.54) is 5.56 Å². The number of fused-ring (bicyclic) bond motifs is 1. The second kappa shape index (κ2) is 7.59. The quantitative estimate of drug-likeness (QED) is 0.370. The van der Waals surface area contributed by atoms with Crippen LogP contribution in [0.5, 0.6) is 0 Å². The standard InChI is InChI=1S/C21H22N6S/c1-5-14-8-15(16-10-23-21(28-4)24-11-16)6-7-18(14)27(3)20-9-19-17(12-22-20)25-13-26(19)2/h6-13H,5H2,1-4H3. The molecule has 6 nitrogen and oxygen atoms in total. The molecule has 0 unspecified atom stereocenters. The number of imidazole rings is 1. The average molecular weight is 391 g/mol. The van der Waals surface area contributed by atoms with Gasteiger partial charge in [0.2, 0.25) is 0 Å². The van der Waals surface area contributed by atoms with Crippen molar-refractivity contribution in [2.45, 2.75) is 18.5 Å². The second-order valence-electron chi connectivity index (χ2n) is 6.60. The van der Waals surface area contributed by atoms with Crippen LogP contribution in [0.1, 0.15) is 12.5 Å². The van der Waals surface area contributed by atoms with Gasteiger partial charge in [0.05, 0.1) is 18.0 Å². The van der Waals surface area contributed by atoms with E-state index < -0.39 is 0 Å². The fraction of sp³-hybridized carbons (Fsp3) is 0.238. The van der Waals surface area contributed by atoms with Gasteiger partial charge in [-0.05, 0) is 35.9 Å². The second-order valence-corrected chi connectivity index (χ2v) is 7.37. The fourth-order valence-electron chi connectivity index (χ4n) is 3.27. The Morgan fingerprint density at radius 2 is 1.79 bits per heavy atom. The molecule has 0 aliphatic carbocycles. The number of anilines is 2. The van der Waals surface area contributed by atoms with E-state index in [-0.39, 0.29) is 0 Å². The van der Waals surface area contributed by atoms with Crippen LogP contribution in [-0.4, -0.2) is 37.8 Å². The molecule has 0 radical (unpaired) electrons. The highest BCUT2D eigenvalue weighted by atomic mass is 32.2. The Hall–Kier alpha value is -2.93. The molecule has 0 N–H and O–H groups in total. The van der Waals surface area contributed by atoms with E-state index in [2.05, 4.69) is 63.1 Å². The minimum atomic E-state index is 0.785. The van der Waals surface area contributed by atoms with Crippen LogP contribution in [0, 0.1) is 0 Å². The molecule has 0 spiro atoms. The Morgan fingerprint density at radius 3 is 2.50 bits per heavy atom. The maximum absolute atomic E-state index is 4.60. The van der Waals surface area contributed by atoms with E-state index in [0.29, 0.717) is 0 Å². The molecule has 3 heterocycles. The summed E-state index contributed by atoms with van der Waals surface area (Å²) >= 11 is 1.54. The lowest BCUT2D eigenvalue weighted by Crippen LogP contribution is -2.13. The van der Waals surface area contributed by atoms with Crippen LogP contribution in [0.25, 0.3) is 22.2 Å². The number of pyridine rings is 1. The lowest BCUT2D eigenvalue weighted by Gasteiger charge is -2.22. The topological polar surface area (TPSA) is 59.7 Å². The van der Waals surface area contributed by atoms with Crippen LogP contribution in [-0.2, 0) is 13.5 Å². The first-order chi connectivity index (χ1) is 13.6. The molecule has 1 aromatic carbocycles. The number of aryl methyl sites for hydroxylation is 2. The third-order valence-corrected chi connectivity index (χ3v) is 5.48. The summed E-state index contributed by atoms with van der Waals surface area (Å²) in [7, 11) is 4.05. The molecule has 0 saturated heterocycles. The number of benzene rings is 1. The summed E-state index contributed by atoms with van der Waals surface area (Å²) in [6, 6.07) is 8.55. The van der Waals surface area contributed by atoms with Crippen molar-refractivity contribution in [1.29, 1.82) is 0 Å². The van der Waals surface area contributed by atoms with Crippen molar-refractivity contribution in [3.8, 4) is 11.1 Å². The molecule has 28 heavy (non-hydrogen) atoms. The van der Waals surface area contributed by atoms with Crippen LogP contribution in [0.2, 0.25) is 0 Å². The van der Waals surface area contributed by atoms with Crippen molar-refractivity contribution in [3.05, 3.63) is 54.7 Å². The third kappa shape index (κ3) is 3.33. The number of hydrogen-bond donors (Lipinski definition) is 0. The van der Waals surface area contributed by atoms with Gasteiger partial charge in [-0.1, -0.05) is 24.8 Å². The molecule has 0 saturated carbocycles. The molecule has 0 amide bonds. The van der Waals surface area contributed by atoms with Gasteiger partial charge in [0.15, 0.2) is 5.16 Å². The van der Waals surface area contributed by atoms with Crippen LogP contribution < -0.4 is 4.90 Å². The lowest BCUT2D eigenvalue weighted by atomic mass is 10.0. The highest BCUT2D eigenvalue weighted by Gasteiger charge is 2.13. The molecule has 142 valence electrons. The van der Waals surface area contributed by atoms with Crippen molar-refractivity contribution in [3.63, 3.8) is 0 Å². The maximum Gasteiger partial charge on any atom is 0.187 e. The van der Waals surface area contributed by atoms with Crippen LogP contribution in [0.15, 0.2) is 54.3 Å². The monoisotopic (exact) mass is 390 g/mol. The first kappa shape index (κ1) is 18.4. The van der Waals surface area contributed by atoms with Gasteiger partial charge in [-0.2, -0.15) is 0 Å². The zero-order chi connectivity index (χ0) is 19.7. The van der Waals surface area contributed by atoms with E-state index in [4.69, 9.17) is 0 Å².